The zero-order valence-electron chi connectivity index (χ0n) is 13.0. The number of rotatable bonds is 5. The lowest BCUT2D eigenvalue weighted by atomic mass is 10.0. The molecule has 1 aromatic heterocycles. The van der Waals surface area contributed by atoms with Gasteiger partial charge in [0.25, 0.3) is 0 Å². The molecule has 2 aromatic rings. The molecule has 0 radical (unpaired) electrons. The van der Waals surface area contributed by atoms with Crippen LogP contribution in [0.5, 0.6) is 0 Å². The first kappa shape index (κ1) is 16.9. The summed E-state index contributed by atoms with van der Waals surface area (Å²) in [6, 6.07) is 1.25. The number of carbonyl (C=O) groups excluding carboxylic acids is 2. The van der Waals surface area contributed by atoms with Gasteiger partial charge in [-0.3, -0.25) is 9.59 Å². The highest BCUT2D eigenvalue weighted by Gasteiger charge is 2.26. The van der Waals surface area contributed by atoms with Crippen molar-refractivity contribution in [2.24, 2.45) is 5.92 Å². The van der Waals surface area contributed by atoms with Crippen LogP contribution in [0.3, 0.4) is 0 Å². The first-order valence-corrected chi connectivity index (χ1v) is 7.01. The van der Waals surface area contributed by atoms with Crippen LogP contribution < -0.4 is 5.32 Å². The number of halogens is 2. The molecule has 8 heteroatoms. The second-order valence-corrected chi connectivity index (χ2v) is 5.39. The van der Waals surface area contributed by atoms with Crippen molar-refractivity contribution < 1.29 is 23.1 Å². The number of imidazole rings is 1. The molecule has 0 aliphatic heterocycles. The van der Waals surface area contributed by atoms with Gasteiger partial charge in [0.1, 0.15) is 12.6 Å². The Morgan fingerprint density at radius 1 is 1.30 bits per heavy atom. The van der Waals surface area contributed by atoms with Crippen LogP contribution in [0.15, 0.2) is 18.5 Å². The van der Waals surface area contributed by atoms with Crippen LogP contribution in [0.25, 0.3) is 11.0 Å². The number of methoxy groups -OCH3 is 1. The molecular weight excluding hydrogens is 308 g/mol. The van der Waals surface area contributed by atoms with Crippen LogP contribution in [0, 0.1) is 17.6 Å². The van der Waals surface area contributed by atoms with E-state index in [4.69, 9.17) is 0 Å². The van der Waals surface area contributed by atoms with E-state index in [-0.39, 0.29) is 18.0 Å². The van der Waals surface area contributed by atoms with Gasteiger partial charge in [-0.2, -0.15) is 0 Å². The summed E-state index contributed by atoms with van der Waals surface area (Å²) in [7, 11) is 1.22. The third-order valence-electron chi connectivity index (χ3n) is 3.45. The normalized spacial score (nSPS) is 12.4. The number of hydrogen-bond donors (Lipinski definition) is 1. The summed E-state index contributed by atoms with van der Waals surface area (Å²) >= 11 is 0. The molecule has 6 nitrogen and oxygen atoms in total. The van der Waals surface area contributed by atoms with Crippen molar-refractivity contribution in [1.82, 2.24) is 14.9 Å². The second kappa shape index (κ2) is 6.72. The molecule has 1 aromatic carbocycles. The smallest absolute Gasteiger partial charge is 0.325 e. The van der Waals surface area contributed by atoms with E-state index in [1.807, 2.05) is 0 Å². The number of nitrogens with one attached hydrogen (secondary N) is 1. The molecule has 0 aliphatic carbocycles. The van der Waals surface area contributed by atoms with Gasteiger partial charge >= 0.3 is 5.97 Å². The quantitative estimate of drug-likeness (QED) is 0.851. The lowest BCUT2D eigenvalue weighted by Crippen LogP contribution is -2.38. The molecule has 0 saturated heterocycles. The van der Waals surface area contributed by atoms with E-state index in [1.54, 1.807) is 13.8 Å². The third-order valence-corrected chi connectivity index (χ3v) is 3.45. The predicted octanol–water partition coefficient (Wildman–Crippen LogP) is 1.80. The first-order chi connectivity index (χ1) is 10.8. The third kappa shape index (κ3) is 3.46. The van der Waals surface area contributed by atoms with Crippen molar-refractivity contribution in [3.63, 3.8) is 0 Å². The number of amides is 1. The highest BCUT2D eigenvalue weighted by atomic mass is 19.2. The average Bonchev–Trinajstić information content (AvgIpc) is 2.88. The van der Waals surface area contributed by atoms with Crippen LogP contribution in [0.1, 0.15) is 19.9 Å². The Hall–Kier alpha value is -2.51. The Balaban J connectivity index is 2.36. The van der Waals surface area contributed by atoms with Crippen molar-refractivity contribution in [1.29, 1.82) is 0 Å². The fraction of sp³-hybridized carbons (Fsp3) is 0.400. The van der Waals surface area contributed by atoms with Gasteiger partial charge in [0, 0.05) is 12.1 Å². The van der Waals surface area contributed by atoms with Crippen LogP contribution in [0.4, 0.5) is 8.78 Å². The van der Waals surface area contributed by atoms with E-state index in [0.717, 1.165) is 12.1 Å². The molecule has 0 spiro atoms. The lowest BCUT2D eigenvalue weighted by molar-refractivity contribution is -0.141. The van der Waals surface area contributed by atoms with Crippen molar-refractivity contribution in [3.05, 3.63) is 30.1 Å². The summed E-state index contributed by atoms with van der Waals surface area (Å²) in [5.74, 6) is -3.20. The number of aromatic nitrogens is 2. The maximum Gasteiger partial charge on any atom is 0.325 e. The van der Waals surface area contributed by atoms with E-state index in [2.05, 4.69) is 15.0 Å². The number of esters is 1. The number of benzene rings is 1. The van der Waals surface area contributed by atoms with E-state index in [1.165, 1.54) is 18.0 Å². The molecule has 2 rings (SSSR count). The molecule has 23 heavy (non-hydrogen) atoms. The van der Waals surface area contributed by atoms with Crippen molar-refractivity contribution in [2.45, 2.75) is 19.9 Å². The lowest BCUT2D eigenvalue weighted by Gasteiger charge is -2.22. The predicted molar refractivity (Wildman–Crippen MR) is 78.5 cm³/mol. The highest BCUT2D eigenvalue weighted by Crippen LogP contribution is 2.25. The number of carbonyl (C=O) groups is 2. The number of hydrogen-bond acceptors (Lipinski definition) is 4. The largest absolute Gasteiger partial charge is 0.468 e. The van der Waals surface area contributed by atoms with Crippen LogP contribution in [-0.4, -0.2) is 35.1 Å². The molecular formula is C15H17F2N3O3. The van der Waals surface area contributed by atoms with Gasteiger partial charge in [-0.05, 0) is 5.92 Å². The number of nitrogens with zero attached hydrogens (tertiary/aromatic N) is 2. The molecule has 1 atom stereocenters. The molecule has 1 heterocycles. The van der Waals surface area contributed by atoms with Crippen molar-refractivity contribution in [2.75, 3.05) is 13.7 Å². The van der Waals surface area contributed by atoms with Gasteiger partial charge < -0.3 is 14.6 Å². The monoisotopic (exact) mass is 325 g/mol. The molecule has 0 unspecified atom stereocenters. The van der Waals surface area contributed by atoms with Crippen LogP contribution in [0.2, 0.25) is 0 Å². The van der Waals surface area contributed by atoms with Crippen molar-refractivity contribution >= 4 is 22.9 Å². The minimum atomic E-state index is -1.02. The number of ether oxygens (including phenoxy) is 1. The Morgan fingerprint density at radius 2 is 1.96 bits per heavy atom. The first-order valence-electron chi connectivity index (χ1n) is 7.01. The minimum absolute atomic E-state index is 0.168. The van der Waals surface area contributed by atoms with Gasteiger partial charge in [-0.1, -0.05) is 13.8 Å². The van der Waals surface area contributed by atoms with E-state index >= 15 is 0 Å². The molecule has 0 saturated carbocycles. The molecule has 124 valence electrons. The SMILES string of the molecule is COC(=O)CNC(=O)[C@H](C(C)C)n1cnc2cc(F)c(F)cc21. The Labute approximate surface area is 131 Å². The second-order valence-electron chi connectivity index (χ2n) is 5.39. The van der Waals surface area contributed by atoms with Gasteiger partial charge in [0.15, 0.2) is 11.6 Å². The highest BCUT2D eigenvalue weighted by molar-refractivity contribution is 5.86. The number of fused-ring (bicyclic) bond motifs is 1. The summed E-state index contributed by atoms with van der Waals surface area (Å²) in [5, 5.41) is 2.46. The fourth-order valence-corrected chi connectivity index (χ4v) is 2.33. The van der Waals surface area contributed by atoms with E-state index in [9.17, 15) is 18.4 Å². The zero-order valence-corrected chi connectivity index (χ0v) is 13.0. The Kier molecular flexibility index (Phi) is 4.92. The molecule has 0 aliphatic rings. The van der Waals surface area contributed by atoms with Crippen molar-refractivity contribution in [3.8, 4) is 0 Å². The fourth-order valence-electron chi connectivity index (χ4n) is 2.33. The average molecular weight is 325 g/mol. The standard InChI is InChI=1S/C15H17F2N3O3/c1-8(2)14(15(22)18-6-13(21)23-3)20-7-19-11-4-9(16)10(17)5-12(11)20/h4-5,7-8,14H,6H2,1-3H3,(H,18,22)/t14-/m0/s1. The van der Waals surface area contributed by atoms with Gasteiger partial charge in [-0.25, -0.2) is 13.8 Å². The van der Waals surface area contributed by atoms with Crippen LogP contribution >= 0.6 is 0 Å². The summed E-state index contributed by atoms with van der Waals surface area (Å²) in [6.45, 7) is 3.33. The summed E-state index contributed by atoms with van der Waals surface area (Å²) in [6.07, 6.45) is 1.35. The molecule has 1 N–H and O–H groups in total. The topological polar surface area (TPSA) is 73.2 Å². The minimum Gasteiger partial charge on any atom is -0.468 e. The molecule has 0 bridgehead atoms. The van der Waals surface area contributed by atoms with Gasteiger partial charge in [0.2, 0.25) is 5.91 Å². The Morgan fingerprint density at radius 3 is 2.57 bits per heavy atom. The Bertz CT molecular complexity index is 743. The summed E-state index contributed by atoms with van der Waals surface area (Å²) in [4.78, 5) is 27.5. The van der Waals surface area contributed by atoms with Crippen LogP contribution in [-0.2, 0) is 14.3 Å². The van der Waals surface area contributed by atoms with Gasteiger partial charge in [-0.15, -0.1) is 0 Å². The van der Waals surface area contributed by atoms with Gasteiger partial charge in [0.05, 0.1) is 24.5 Å². The van der Waals surface area contributed by atoms with E-state index < -0.39 is 29.6 Å². The zero-order chi connectivity index (χ0) is 17.1. The summed E-state index contributed by atoms with van der Waals surface area (Å²) < 4.78 is 32.7. The maximum absolute atomic E-state index is 13.5. The molecule has 0 fully saturated rings. The maximum atomic E-state index is 13.5. The summed E-state index contributed by atoms with van der Waals surface area (Å²) in [5.41, 5.74) is 0.547. The van der Waals surface area contributed by atoms with E-state index in [0.29, 0.717) is 5.52 Å². The molecule has 1 amide bonds.